The zero-order chi connectivity index (χ0) is 14.5. The number of pyridine rings is 1. The standard InChI is InChI=1S/C13H18N2O4/c1-13(2,3)19-8-11(16)15-7-10-6-9(12(17)18)4-5-14-10/h4-6H,7-8H2,1-3H3,(H,15,16)(H,17,18). The molecular weight excluding hydrogens is 248 g/mol. The van der Waals surface area contributed by atoms with Crippen molar-refractivity contribution in [1.29, 1.82) is 0 Å². The maximum Gasteiger partial charge on any atom is 0.335 e. The molecule has 1 heterocycles. The number of hydrogen-bond donors (Lipinski definition) is 2. The first-order chi connectivity index (χ1) is 8.78. The summed E-state index contributed by atoms with van der Waals surface area (Å²) in [4.78, 5) is 26.3. The van der Waals surface area contributed by atoms with E-state index in [1.165, 1.54) is 18.3 Å². The van der Waals surface area contributed by atoms with Crippen LogP contribution in [0.5, 0.6) is 0 Å². The summed E-state index contributed by atoms with van der Waals surface area (Å²) >= 11 is 0. The van der Waals surface area contributed by atoms with Crippen LogP contribution in [-0.4, -0.2) is 34.2 Å². The Bertz CT molecular complexity index is 466. The predicted octanol–water partition coefficient (Wildman–Crippen LogP) is 1.21. The fraction of sp³-hybridized carbons (Fsp3) is 0.462. The molecule has 0 aliphatic carbocycles. The molecule has 0 aliphatic rings. The summed E-state index contributed by atoms with van der Waals surface area (Å²) < 4.78 is 5.31. The van der Waals surface area contributed by atoms with Crippen molar-refractivity contribution in [1.82, 2.24) is 10.3 Å². The van der Waals surface area contributed by atoms with Crippen LogP contribution in [0.4, 0.5) is 0 Å². The summed E-state index contributed by atoms with van der Waals surface area (Å²) in [6.07, 6.45) is 1.40. The van der Waals surface area contributed by atoms with Crippen LogP contribution < -0.4 is 5.32 Å². The summed E-state index contributed by atoms with van der Waals surface area (Å²) in [7, 11) is 0. The van der Waals surface area contributed by atoms with Gasteiger partial charge in [-0.25, -0.2) is 4.79 Å². The average molecular weight is 266 g/mol. The van der Waals surface area contributed by atoms with Gasteiger partial charge in [0.2, 0.25) is 5.91 Å². The highest BCUT2D eigenvalue weighted by Crippen LogP contribution is 2.06. The van der Waals surface area contributed by atoms with E-state index >= 15 is 0 Å². The number of amides is 1. The van der Waals surface area contributed by atoms with Crippen LogP contribution in [0.25, 0.3) is 0 Å². The monoisotopic (exact) mass is 266 g/mol. The van der Waals surface area contributed by atoms with Gasteiger partial charge in [0.15, 0.2) is 0 Å². The number of carbonyl (C=O) groups is 2. The number of carbonyl (C=O) groups excluding carboxylic acids is 1. The highest BCUT2D eigenvalue weighted by molar-refractivity contribution is 5.87. The molecule has 19 heavy (non-hydrogen) atoms. The van der Waals surface area contributed by atoms with E-state index in [2.05, 4.69) is 10.3 Å². The van der Waals surface area contributed by atoms with Crippen LogP contribution in [0.2, 0.25) is 0 Å². The molecule has 1 aromatic rings. The Kier molecular flexibility index (Phi) is 5.00. The molecule has 6 heteroatoms. The van der Waals surface area contributed by atoms with Crippen molar-refractivity contribution in [3.05, 3.63) is 29.6 Å². The molecule has 1 amide bonds. The van der Waals surface area contributed by atoms with E-state index in [9.17, 15) is 9.59 Å². The first-order valence-corrected chi connectivity index (χ1v) is 5.87. The minimum absolute atomic E-state index is 0.0396. The number of nitrogens with zero attached hydrogens (tertiary/aromatic N) is 1. The molecule has 0 saturated heterocycles. The SMILES string of the molecule is CC(C)(C)OCC(=O)NCc1cc(C(=O)O)ccn1. The molecule has 1 rings (SSSR count). The van der Waals surface area contributed by atoms with Crippen LogP contribution in [0.3, 0.4) is 0 Å². The van der Waals surface area contributed by atoms with Crippen molar-refractivity contribution in [2.75, 3.05) is 6.61 Å². The van der Waals surface area contributed by atoms with Gasteiger partial charge in [0.25, 0.3) is 0 Å². The molecule has 6 nitrogen and oxygen atoms in total. The maximum absolute atomic E-state index is 11.5. The second kappa shape index (κ2) is 6.29. The minimum Gasteiger partial charge on any atom is -0.478 e. The fourth-order valence-corrected chi connectivity index (χ4v) is 1.23. The van der Waals surface area contributed by atoms with E-state index in [1.54, 1.807) is 0 Å². The van der Waals surface area contributed by atoms with Gasteiger partial charge in [-0.1, -0.05) is 0 Å². The van der Waals surface area contributed by atoms with Crippen molar-refractivity contribution in [3.63, 3.8) is 0 Å². The lowest BCUT2D eigenvalue weighted by molar-refractivity contribution is -0.130. The van der Waals surface area contributed by atoms with Crippen LogP contribution in [0.1, 0.15) is 36.8 Å². The molecule has 0 radical (unpaired) electrons. The Balaban J connectivity index is 2.46. The first kappa shape index (κ1) is 15.1. The molecule has 2 N–H and O–H groups in total. The highest BCUT2D eigenvalue weighted by Gasteiger charge is 2.13. The molecule has 0 aliphatic heterocycles. The summed E-state index contributed by atoms with van der Waals surface area (Å²) in [5.74, 6) is -1.29. The van der Waals surface area contributed by atoms with Gasteiger partial charge in [0.05, 0.1) is 23.4 Å². The topological polar surface area (TPSA) is 88.5 Å². The van der Waals surface area contributed by atoms with Crippen LogP contribution >= 0.6 is 0 Å². The summed E-state index contributed by atoms with van der Waals surface area (Å²) in [5.41, 5.74) is 0.257. The number of carboxylic acid groups (broad SMARTS) is 1. The zero-order valence-corrected chi connectivity index (χ0v) is 11.3. The van der Waals surface area contributed by atoms with Crippen molar-refractivity contribution in [2.45, 2.75) is 32.9 Å². The highest BCUT2D eigenvalue weighted by atomic mass is 16.5. The first-order valence-electron chi connectivity index (χ1n) is 5.87. The van der Waals surface area contributed by atoms with Gasteiger partial charge < -0.3 is 15.2 Å². The van der Waals surface area contributed by atoms with Crippen LogP contribution in [-0.2, 0) is 16.1 Å². The van der Waals surface area contributed by atoms with E-state index in [0.29, 0.717) is 5.69 Å². The van der Waals surface area contributed by atoms with Gasteiger partial charge in [-0.05, 0) is 32.9 Å². The lowest BCUT2D eigenvalue weighted by Gasteiger charge is -2.18. The second-order valence-electron chi connectivity index (χ2n) is 5.02. The largest absolute Gasteiger partial charge is 0.478 e. The molecule has 0 unspecified atom stereocenters. The van der Waals surface area contributed by atoms with Gasteiger partial charge in [-0.2, -0.15) is 0 Å². The lowest BCUT2D eigenvalue weighted by Crippen LogP contribution is -2.32. The molecule has 0 saturated carbocycles. The third-order valence-corrected chi connectivity index (χ3v) is 2.17. The third-order valence-electron chi connectivity index (χ3n) is 2.17. The lowest BCUT2D eigenvalue weighted by atomic mass is 10.2. The Labute approximate surface area is 111 Å². The van der Waals surface area contributed by atoms with Crippen molar-refractivity contribution in [2.24, 2.45) is 0 Å². The van der Waals surface area contributed by atoms with E-state index in [4.69, 9.17) is 9.84 Å². The molecule has 1 aromatic heterocycles. The zero-order valence-electron chi connectivity index (χ0n) is 11.3. The van der Waals surface area contributed by atoms with Gasteiger partial charge in [0.1, 0.15) is 6.61 Å². The third kappa shape index (κ3) is 5.96. The molecule has 0 fully saturated rings. The number of rotatable bonds is 5. The Morgan fingerprint density at radius 3 is 2.68 bits per heavy atom. The van der Waals surface area contributed by atoms with Gasteiger partial charge in [-0.3, -0.25) is 9.78 Å². The van der Waals surface area contributed by atoms with Gasteiger partial charge >= 0.3 is 5.97 Å². The number of carboxylic acids is 1. The Morgan fingerprint density at radius 2 is 2.11 bits per heavy atom. The number of ether oxygens (including phenoxy) is 1. The average Bonchev–Trinajstić information content (AvgIpc) is 2.33. The Morgan fingerprint density at radius 1 is 1.42 bits per heavy atom. The van der Waals surface area contributed by atoms with Crippen molar-refractivity contribution < 1.29 is 19.4 Å². The second-order valence-corrected chi connectivity index (χ2v) is 5.02. The van der Waals surface area contributed by atoms with E-state index in [0.717, 1.165) is 0 Å². The van der Waals surface area contributed by atoms with Gasteiger partial charge in [0, 0.05) is 6.20 Å². The van der Waals surface area contributed by atoms with E-state index in [-0.39, 0.29) is 30.2 Å². The summed E-state index contributed by atoms with van der Waals surface area (Å²) in [6.45, 7) is 5.71. The quantitative estimate of drug-likeness (QED) is 0.836. The molecule has 0 atom stereocenters. The molecule has 0 bridgehead atoms. The van der Waals surface area contributed by atoms with Gasteiger partial charge in [-0.15, -0.1) is 0 Å². The normalized spacial score (nSPS) is 11.1. The maximum atomic E-state index is 11.5. The van der Waals surface area contributed by atoms with E-state index < -0.39 is 5.97 Å². The number of aromatic nitrogens is 1. The Hall–Kier alpha value is -1.95. The predicted molar refractivity (Wildman–Crippen MR) is 68.7 cm³/mol. The van der Waals surface area contributed by atoms with E-state index in [1.807, 2.05) is 20.8 Å². The van der Waals surface area contributed by atoms with Crippen molar-refractivity contribution >= 4 is 11.9 Å². The number of hydrogen-bond acceptors (Lipinski definition) is 4. The number of nitrogens with one attached hydrogen (secondary N) is 1. The smallest absolute Gasteiger partial charge is 0.335 e. The summed E-state index contributed by atoms with van der Waals surface area (Å²) in [5, 5.41) is 11.4. The molecule has 104 valence electrons. The molecular formula is C13H18N2O4. The van der Waals surface area contributed by atoms with Crippen molar-refractivity contribution in [3.8, 4) is 0 Å². The molecule has 0 aromatic carbocycles. The minimum atomic E-state index is -1.02. The molecule has 0 spiro atoms. The summed E-state index contributed by atoms with van der Waals surface area (Å²) in [6, 6.07) is 2.82. The van der Waals surface area contributed by atoms with Crippen LogP contribution in [0, 0.1) is 0 Å². The number of aromatic carboxylic acids is 1. The van der Waals surface area contributed by atoms with Crippen LogP contribution in [0.15, 0.2) is 18.3 Å². The fourth-order valence-electron chi connectivity index (χ4n) is 1.23.